The van der Waals surface area contributed by atoms with Gasteiger partial charge in [-0.25, -0.2) is 0 Å². The van der Waals surface area contributed by atoms with Crippen molar-refractivity contribution in [2.75, 3.05) is 20.8 Å². The van der Waals surface area contributed by atoms with E-state index in [9.17, 15) is 0 Å². The van der Waals surface area contributed by atoms with Crippen LogP contribution in [0.25, 0.3) is 0 Å². The molecule has 0 unspecified atom stereocenters. The second-order valence-corrected chi connectivity index (χ2v) is 5.59. The number of para-hydroxylation sites is 1. The third kappa shape index (κ3) is 4.01. The van der Waals surface area contributed by atoms with Gasteiger partial charge in [0.2, 0.25) is 0 Å². The molecule has 0 atom stereocenters. The van der Waals surface area contributed by atoms with Gasteiger partial charge in [-0.1, -0.05) is 18.2 Å². The predicted octanol–water partition coefficient (Wildman–Crippen LogP) is 2.63. The molecule has 0 saturated heterocycles. The van der Waals surface area contributed by atoms with E-state index in [1.807, 2.05) is 12.1 Å². The molecule has 118 valence electrons. The fraction of sp³-hybridized carbons (Fsp3) is 0.368. The van der Waals surface area contributed by atoms with Crippen LogP contribution in [-0.4, -0.2) is 20.8 Å². The summed E-state index contributed by atoms with van der Waals surface area (Å²) >= 11 is 0. The molecule has 2 rings (SSSR count). The van der Waals surface area contributed by atoms with E-state index in [-0.39, 0.29) is 0 Å². The van der Waals surface area contributed by atoms with Crippen molar-refractivity contribution in [1.82, 2.24) is 0 Å². The van der Waals surface area contributed by atoms with Crippen LogP contribution in [0.3, 0.4) is 0 Å². The maximum atomic E-state index is 5.39. The van der Waals surface area contributed by atoms with Crippen molar-refractivity contribution >= 4 is 0 Å². The molecule has 0 bridgehead atoms. The van der Waals surface area contributed by atoms with Gasteiger partial charge in [-0.3, -0.25) is 0 Å². The lowest BCUT2D eigenvalue weighted by molar-refractivity contribution is -0.670. The van der Waals surface area contributed by atoms with Crippen LogP contribution in [0.15, 0.2) is 36.4 Å². The number of aryl methyl sites for hydroxylation is 2. The largest absolute Gasteiger partial charge is 0.496 e. The third-order valence-electron chi connectivity index (χ3n) is 4.03. The van der Waals surface area contributed by atoms with Crippen molar-refractivity contribution in [1.29, 1.82) is 0 Å². The van der Waals surface area contributed by atoms with Crippen LogP contribution in [0.1, 0.15) is 22.3 Å². The molecule has 22 heavy (non-hydrogen) atoms. The van der Waals surface area contributed by atoms with Crippen LogP contribution >= 0.6 is 0 Å². The van der Waals surface area contributed by atoms with Crippen molar-refractivity contribution in [3.05, 3.63) is 58.7 Å². The molecule has 0 aromatic heterocycles. The zero-order valence-electron chi connectivity index (χ0n) is 14.0. The van der Waals surface area contributed by atoms with Crippen LogP contribution in [0, 0.1) is 13.8 Å². The summed E-state index contributed by atoms with van der Waals surface area (Å²) in [6.07, 6.45) is 1.01. The van der Waals surface area contributed by atoms with E-state index in [1.165, 1.54) is 22.3 Å². The first kappa shape index (κ1) is 16.4. The Balaban J connectivity index is 1.90. The first-order valence-corrected chi connectivity index (χ1v) is 7.73. The van der Waals surface area contributed by atoms with E-state index >= 15 is 0 Å². The molecular formula is C19H26NO2+. The molecule has 2 N–H and O–H groups in total. The molecule has 0 aliphatic carbocycles. The number of rotatable bonds is 7. The van der Waals surface area contributed by atoms with Gasteiger partial charge >= 0.3 is 0 Å². The van der Waals surface area contributed by atoms with E-state index in [0.717, 1.165) is 31.0 Å². The van der Waals surface area contributed by atoms with E-state index < -0.39 is 0 Å². The molecule has 0 fully saturated rings. The predicted molar refractivity (Wildman–Crippen MR) is 89.7 cm³/mol. The molecule has 0 aliphatic rings. The van der Waals surface area contributed by atoms with Crippen LogP contribution in [0.5, 0.6) is 11.5 Å². The highest BCUT2D eigenvalue weighted by Crippen LogP contribution is 2.22. The Labute approximate surface area is 133 Å². The number of methoxy groups -OCH3 is 2. The standard InChI is InChI=1S/C19H25NO2/c1-14-12-19(22-4)15(2)11-17(14)13-20-10-9-16-7-5-6-8-18(16)21-3/h5-8,11-12,20H,9-10,13H2,1-4H3/p+1. The van der Waals surface area contributed by atoms with Gasteiger partial charge in [-0.2, -0.15) is 0 Å². The summed E-state index contributed by atoms with van der Waals surface area (Å²) < 4.78 is 10.8. The summed E-state index contributed by atoms with van der Waals surface area (Å²) in [6, 6.07) is 12.6. The Bertz CT molecular complexity index is 623. The monoisotopic (exact) mass is 300 g/mol. The van der Waals surface area contributed by atoms with Crippen LogP contribution in [0.2, 0.25) is 0 Å². The van der Waals surface area contributed by atoms with Gasteiger partial charge < -0.3 is 14.8 Å². The molecule has 0 heterocycles. The molecule has 3 nitrogen and oxygen atoms in total. The Hall–Kier alpha value is -2.00. The molecule has 2 aromatic carbocycles. The second-order valence-electron chi connectivity index (χ2n) is 5.59. The Kier molecular flexibility index (Phi) is 5.84. The topological polar surface area (TPSA) is 35.1 Å². The molecule has 0 amide bonds. The van der Waals surface area contributed by atoms with Gasteiger partial charge in [0.05, 0.1) is 20.8 Å². The number of benzene rings is 2. The number of nitrogens with two attached hydrogens (primary N) is 1. The lowest BCUT2D eigenvalue weighted by Crippen LogP contribution is -2.83. The average molecular weight is 300 g/mol. The van der Waals surface area contributed by atoms with Gasteiger partial charge in [-0.15, -0.1) is 0 Å². The summed E-state index contributed by atoms with van der Waals surface area (Å²) in [7, 11) is 3.45. The molecular weight excluding hydrogens is 274 g/mol. The molecule has 0 radical (unpaired) electrons. The second kappa shape index (κ2) is 7.85. The van der Waals surface area contributed by atoms with Gasteiger partial charge in [0.25, 0.3) is 0 Å². The third-order valence-corrected chi connectivity index (χ3v) is 4.03. The number of quaternary nitrogens is 1. The van der Waals surface area contributed by atoms with Gasteiger partial charge in [0, 0.05) is 12.0 Å². The quantitative estimate of drug-likeness (QED) is 0.798. The maximum absolute atomic E-state index is 5.39. The van der Waals surface area contributed by atoms with E-state index in [1.54, 1.807) is 14.2 Å². The molecule has 3 heteroatoms. The first-order chi connectivity index (χ1) is 10.7. The minimum Gasteiger partial charge on any atom is -0.496 e. The van der Waals surface area contributed by atoms with Crippen molar-refractivity contribution in [3.8, 4) is 11.5 Å². The number of ether oxygens (including phenoxy) is 2. The van der Waals surface area contributed by atoms with E-state index in [4.69, 9.17) is 9.47 Å². The van der Waals surface area contributed by atoms with Crippen molar-refractivity contribution in [2.24, 2.45) is 0 Å². The van der Waals surface area contributed by atoms with Crippen LogP contribution in [-0.2, 0) is 13.0 Å². The van der Waals surface area contributed by atoms with Crippen LogP contribution < -0.4 is 14.8 Å². The molecule has 2 aromatic rings. The van der Waals surface area contributed by atoms with Crippen molar-refractivity contribution in [2.45, 2.75) is 26.8 Å². The Morgan fingerprint density at radius 2 is 1.59 bits per heavy atom. The summed E-state index contributed by atoms with van der Waals surface area (Å²) in [5.41, 5.74) is 5.12. The summed E-state index contributed by atoms with van der Waals surface area (Å²) in [5.74, 6) is 1.95. The zero-order chi connectivity index (χ0) is 15.9. The highest BCUT2D eigenvalue weighted by atomic mass is 16.5. The molecule has 0 aliphatic heterocycles. The fourth-order valence-electron chi connectivity index (χ4n) is 2.71. The van der Waals surface area contributed by atoms with Crippen molar-refractivity contribution in [3.63, 3.8) is 0 Å². The lowest BCUT2D eigenvalue weighted by Gasteiger charge is -2.11. The summed E-state index contributed by atoms with van der Waals surface area (Å²) in [6.45, 7) is 6.28. The normalized spacial score (nSPS) is 10.5. The van der Waals surface area contributed by atoms with Gasteiger partial charge in [-0.05, 0) is 48.7 Å². The maximum Gasteiger partial charge on any atom is 0.122 e. The summed E-state index contributed by atoms with van der Waals surface area (Å²) in [5, 5.41) is 2.35. The lowest BCUT2D eigenvalue weighted by atomic mass is 10.0. The average Bonchev–Trinajstić information content (AvgIpc) is 2.54. The molecule has 0 spiro atoms. The smallest absolute Gasteiger partial charge is 0.122 e. The zero-order valence-corrected chi connectivity index (χ0v) is 14.0. The van der Waals surface area contributed by atoms with Gasteiger partial charge in [0.1, 0.15) is 18.0 Å². The molecule has 0 saturated carbocycles. The summed E-state index contributed by atoms with van der Waals surface area (Å²) in [4.78, 5) is 0. The Morgan fingerprint density at radius 1 is 0.864 bits per heavy atom. The number of hydrogen-bond donors (Lipinski definition) is 1. The number of hydrogen-bond acceptors (Lipinski definition) is 2. The highest BCUT2D eigenvalue weighted by molar-refractivity contribution is 5.41. The first-order valence-electron chi connectivity index (χ1n) is 7.73. The van der Waals surface area contributed by atoms with E-state index in [0.29, 0.717) is 0 Å². The Morgan fingerprint density at radius 3 is 2.32 bits per heavy atom. The fourth-order valence-corrected chi connectivity index (χ4v) is 2.71. The minimum absolute atomic E-state index is 0.968. The minimum atomic E-state index is 0.968. The SMILES string of the molecule is COc1cc(C)c(C[NH2+]CCc2ccccc2OC)cc1C. The van der Waals surface area contributed by atoms with E-state index in [2.05, 4.69) is 43.4 Å². The van der Waals surface area contributed by atoms with Gasteiger partial charge in [0.15, 0.2) is 0 Å². The van der Waals surface area contributed by atoms with Crippen molar-refractivity contribution < 1.29 is 14.8 Å². The highest BCUT2D eigenvalue weighted by Gasteiger charge is 2.07. The van der Waals surface area contributed by atoms with Crippen LogP contribution in [0.4, 0.5) is 0 Å².